The first-order valence-electron chi connectivity index (χ1n) is 7.88. The summed E-state index contributed by atoms with van der Waals surface area (Å²) >= 11 is 7.02. The van der Waals surface area contributed by atoms with Crippen LogP contribution in [0.3, 0.4) is 0 Å². The van der Waals surface area contributed by atoms with Crippen molar-refractivity contribution in [3.63, 3.8) is 0 Å². The molecule has 3 rings (SSSR count). The first-order chi connectivity index (χ1) is 12.5. The van der Waals surface area contributed by atoms with Crippen LogP contribution in [-0.2, 0) is 4.79 Å². The Labute approximate surface area is 161 Å². The van der Waals surface area contributed by atoms with Gasteiger partial charge in [-0.15, -0.1) is 0 Å². The lowest BCUT2D eigenvalue weighted by molar-refractivity contribution is -0.122. The molecule has 1 fully saturated rings. The minimum atomic E-state index is -0.317. The zero-order chi connectivity index (χ0) is 18.7. The van der Waals surface area contributed by atoms with Crippen LogP contribution < -0.4 is 10.1 Å². The van der Waals surface area contributed by atoms with Gasteiger partial charge in [-0.25, -0.2) is 0 Å². The Morgan fingerprint density at radius 1 is 1.19 bits per heavy atom. The van der Waals surface area contributed by atoms with Crippen LogP contribution in [0.5, 0.6) is 5.75 Å². The average Bonchev–Trinajstić information content (AvgIpc) is 2.90. The number of benzene rings is 2. The third-order valence-corrected chi connectivity index (χ3v) is 5.30. The van der Waals surface area contributed by atoms with Crippen molar-refractivity contribution < 1.29 is 14.3 Å². The highest BCUT2D eigenvalue weighted by atomic mass is 35.5. The van der Waals surface area contributed by atoms with E-state index in [1.807, 2.05) is 31.2 Å². The predicted octanol–water partition coefficient (Wildman–Crippen LogP) is 4.76. The van der Waals surface area contributed by atoms with Crippen LogP contribution in [0.4, 0.5) is 10.5 Å². The highest BCUT2D eigenvalue weighted by molar-refractivity contribution is 8.18. The maximum Gasteiger partial charge on any atom is 0.295 e. The number of nitrogens with one attached hydrogen (secondary N) is 1. The van der Waals surface area contributed by atoms with Gasteiger partial charge in [-0.3, -0.25) is 14.5 Å². The van der Waals surface area contributed by atoms with E-state index < -0.39 is 0 Å². The van der Waals surface area contributed by atoms with Crippen molar-refractivity contribution in [2.24, 2.45) is 0 Å². The van der Waals surface area contributed by atoms with Crippen molar-refractivity contribution in [3.8, 4) is 5.75 Å². The molecule has 1 aliphatic heterocycles. The number of amides is 2. The molecule has 0 bridgehead atoms. The number of methoxy groups -OCH3 is 1. The Balaban J connectivity index is 1.72. The molecule has 0 aromatic heterocycles. The van der Waals surface area contributed by atoms with Crippen molar-refractivity contribution in [2.45, 2.75) is 6.92 Å². The molecular formula is C19H17ClN2O3S. The number of carbonyl (C=O) groups is 2. The summed E-state index contributed by atoms with van der Waals surface area (Å²) in [5.74, 6) is 0.416. The number of hydrogen-bond acceptors (Lipinski definition) is 5. The summed E-state index contributed by atoms with van der Waals surface area (Å²) in [6.45, 7) is 1.97. The number of thioether (sulfide) groups is 1. The Bertz CT molecular complexity index is 881. The second-order valence-electron chi connectivity index (χ2n) is 5.63. The lowest BCUT2D eigenvalue weighted by atomic mass is 10.2. The maximum absolute atomic E-state index is 12.5. The van der Waals surface area contributed by atoms with E-state index in [2.05, 4.69) is 5.32 Å². The zero-order valence-corrected chi connectivity index (χ0v) is 15.9. The molecule has 5 nitrogen and oxygen atoms in total. The third kappa shape index (κ3) is 3.86. The molecule has 2 aromatic rings. The van der Waals surface area contributed by atoms with Crippen LogP contribution in [0.25, 0.3) is 6.08 Å². The number of rotatable bonds is 5. The standard InChI is InChI=1S/C19H17ClN2O3S/c1-12-15(20)4-3-5-16(12)21-11-22-18(23)17(26-19(22)24)10-13-6-8-14(25-2)9-7-13/h3-10,21H,11H2,1-2H3/b17-10+. The van der Waals surface area contributed by atoms with Crippen molar-refractivity contribution in [1.29, 1.82) is 0 Å². The van der Waals surface area contributed by atoms with E-state index in [0.29, 0.717) is 9.93 Å². The van der Waals surface area contributed by atoms with Crippen LogP contribution in [0.2, 0.25) is 5.02 Å². The van der Waals surface area contributed by atoms with Gasteiger partial charge < -0.3 is 10.1 Å². The molecule has 0 unspecified atom stereocenters. The minimum Gasteiger partial charge on any atom is -0.497 e. The SMILES string of the molecule is COc1ccc(/C=C2/SC(=O)N(CNc3cccc(Cl)c3C)C2=O)cc1. The molecule has 26 heavy (non-hydrogen) atoms. The van der Waals surface area contributed by atoms with Crippen LogP contribution in [-0.4, -0.2) is 29.8 Å². The maximum atomic E-state index is 12.5. The molecule has 1 heterocycles. The van der Waals surface area contributed by atoms with Gasteiger partial charge in [0.1, 0.15) is 5.75 Å². The van der Waals surface area contributed by atoms with E-state index in [1.54, 1.807) is 31.4 Å². The fourth-order valence-corrected chi connectivity index (χ4v) is 3.46. The number of halogens is 1. The molecule has 1 N–H and O–H groups in total. The Morgan fingerprint density at radius 3 is 2.62 bits per heavy atom. The average molecular weight is 389 g/mol. The van der Waals surface area contributed by atoms with Crippen LogP contribution >= 0.6 is 23.4 Å². The normalized spacial score (nSPS) is 15.7. The van der Waals surface area contributed by atoms with E-state index in [0.717, 1.165) is 34.3 Å². The summed E-state index contributed by atoms with van der Waals surface area (Å²) in [4.78, 5) is 26.3. The molecule has 2 aromatic carbocycles. The lowest BCUT2D eigenvalue weighted by Gasteiger charge is -2.16. The summed E-state index contributed by atoms with van der Waals surface area (Å²) in [7, 11) is 1.59. The molecule has 134 valence electrons. The fourth-order valence-electron chi connectivity index (χ4n) is 2.45. The summed E-state index contributed by atoms with van der Waals surface area (Å²) in [5, 5.41) is 3.42. The summed E-state index contributed by atoms with van der Waals surface area (Å²) in [5.41, 5.74) is 2.49. The molecule has 2 amide bonds. The molecule has 0 spiro atoms. The van der Waals surface area contributed by atoms with E-state index in [4.69, 9.17) is 16.3 Å². The fraction of sp³-hybridized carbons (Fsp3) is 0.158. The Kier molecular flexibility index (Phi) is 5.54. The van der Waals surface area contributed by atoms with Gasteiger partial charge >= 0.3 is 0 Å². The highest BCUT2D eigenvalue weighted by Crippen LogP contribution is 2.32. The molecule has 0 radical (unpaired) electrons. The van der Waals surface area contributed by atoms with Gasteiger partial charge in [0.15, 0.2) is 0 Å². The summed E-state index contributed by atoms with van der Waals surface area (Å²) in [6, 6.07) is 12.7. The molecule has 7 heteroatoms. The second kappa shape index (κ2) is 7.85. The number of hydrogen-bond donors (Lipinski definition) is 1. The van der Waals surface area contributed by atoms with Gasteiger partial charge in [0.05, 0.1) is 18.7 Å². The number of imide groups is 1. The molecule has 0 saturated carbocycles. The van der Waals surface area contributed by atoms with Gasteiger partial charge in [-0.2, -0.15) is 0 Å². The van der Waals surface area contributed by atoms with Gasteiger partial charge in [-0.1, -0.05) is 29.8 Å². The number of carbonyl (C=O) groups excluding carboxylic acids is 2. The monoisotopic (exact) mass is 388 g/mol. The van der Waals surface area contributed by atoms with Crippen molar-refractivity contribution in [1.82, 2.24) is 4.90 Å². The van der Waals surface area contributed by atoms with Crippen molar-refractivity contribution in [3.05, 3.63) is 63.5 Å². The number of anilines is 1. The van der Waals surface area contributed by atoms with Gasteiger partial charge in [-0.05, 0) is 60.2 Å². The summed E-state index contributed by atoms with van der Waals surface area (Å²) in [6.07, 6.45) is 1.70. The van der Waals surface area contributed by atoms with Gasteiger partial charge in [0.2, 0.25) is 0 Å². The largest absolute Gasteiger partial charge is 0.497 e. The smallest absolute Gasteiger partial charge is 0.295 e. The first kappa shape index (κ1) is 18.4. The van der Waals surface area contributed by atoms with Gasteiger partial charge in [0.25, 0.3) is 11.1 Å². The molecule has 0 atom stereocenters. The third-order valence-electron chi connectivity index (χ3n) is 3.98. The number of ether oxygens (including phenoxy) is 1. The van der Waals surface area contributed by atoms with Gasteiger partial charge in [0, 0.05) is 10.7 Å². The molecule has 0 aliphatic carbocycles. The summed E-state index contributed by atoms with van der Waals surface area (Å²) < 4.78 is 5.11. The Hall–Kier alpha value is -2.44. The van der Waals surface area contributed by atoms with Crippen LogP contribution in [0.1, 0.15) is 11.1 Å². The molecular weight excluding hydrogens is 372 g/mol. The quantitative estimate of drug-likeness (QED) is 0.748. The second-order valence-corrected chi connectivity index (χ2v) is 7.03. The van der Waals surface area contributed by atoms with E-state index in [1.165, 1.54) is 4.90 Å². The van der Waals surface area contributed by atoms with E-state index >= 15 is 0 Å². The molecule has 1 aliphatic rings. The predicted molar refractivity (Wildman–Crippen MR) is 105 cm³/mol. The van der Waals surface area contributed by atoms with E-state index in [-0.39, 0.29) is 17.8 Å². The Morgan fingerprint density at radius 2 is 1.92 bits per heavy atom. The topological polar surface area (TPSA) is 58.6 Å². The van der Waals surface area contributed by atoms with Crippen LogP contribution in [0, 0.1) is 6.92 Å². The van der Waals surface area contributed by atoms with Crippen molar-refractivity contribution in [2.75, 3.05) is 19.1 Å². The number of nitrogens with zero attached hydrogens (tertiary/aromatic N) is 1. The first-order valence-corrected chi connectivity index (χ1v) is 9.07. The van der Waals surface area contributed by atoms with E-state index in [9.17, 15) is 9.59 Å². The zero-order valence-electron chi connectivity index (χ0n) is 14.3. The minimum absolute atomic E-state index is 0.0891. The lowest BCUT2D eigenvalue weighted by Crippen LogP contribution is -2.33. The highest BCUT2D eigenvalue weighted by Gasteiger charge is 2.34. The van der Waals surface area contributed by atoms with Crippen LogP contribution in [0.15, 0.2) is 47.4 Å². The molecule has 1 saturated heterocycles. The van der Waals surface area contributed by atoms with Crippen molar-refractivity contribution >= 4 is 46.3 Å².